The summed E-state index contributed by atoms with van der Waals surface area (Å²) in [4.78, 5) is 3.16. The van der Waals surface area contributed by atoms with Gasteiger partial charge >= 0.3 is 0 Å². The van der Waals surface area contributed by atoms with Gasteiger partial charge in [0, 0.05) is 0 Å². The van der Waals surface area contributed by atoms with Crippen LogP contribution < -0.4 is 5.14 Å². The molecule has 0 radical (unpaired) electrons. The Morgan fingerprint density at radius 1 is 1.53 bits per heavy atom. The van der Waals surface area contributed by atoms with E-state index in [9.17, 15) is 17.2 Å². The summed E-state index contributed by atoms with van der Waals surface area (Å²) in [6.45, 7) is 0. The van der Waals surface area contributed by atoms with Crippen LogP contribution in [0.4, 0.5) is 8.78 Å². The number of aromatic hydroxyl groups is 1. The van der Waals surface area contributed by atoms with E-state index in [4.69, 9.17) is 16.7 Å². The fourth-order valence-electron chi connectivity index (χ4n) is 0.867. The molecule has 84 valence electrons. The topological polar surface area (TPSA) is 93.3 Å². The van der Waals surface area contributed by atoms with Gasteiger partial charge in [-0.05, 0) is 6.07 Å². The number of halogens is 3. The molecule has 0 unspecified atom stereocenters. The lowest BCUT2D eigenvalue weighted by Gasteiger charge is -2.07. The number of rotatable bonds is 2. The van der Waals surface area contributed by atoms with Crippen molar-refractivity contribution in [2.24, 2.45) is 5.14 Å². The molecule has 0 spiro atoms. The quantitative estimate of drug-likeness (QED) is 0.775. The van der Waals surface area contributed by atoms with E-state index in [0.29, 0.717) is 6.07 Å². The molecule has 0 aromatic carbocycles. The molecule has 0 aliphatic heterocycles. The first-order valence-electron chi connectivity index (χ1n) is 3.44. The third kappa shape index (κ3) is 2.52. The van der Waals surface area contributed by atoms with Gasteiger partial charge in [0.1, 0.15) is 5.15 Å². The maximum Gasteiger partial charge on any atom is 0.267 e. The predicted molar refractivity (Wildman–Crippen MR) is 47.2 cm³/mol. The summed E-state index contributed by atoms with van der Waals surface area (Å²) in [7, 11) is -4.39. The molecule has 0 bridgehead atoms. The highest BCUT2D eigenvalue weighted by molar-refractivity contribution is 7.89. The highest BCUT2D eigenvalue weighted by atomic mass is 35.5. The molecule has 1 aromatic rings. The van der Waals surface area contributed by atoms with Crippen molar-refractivity contribution in [1.29, 1.82) is 0 Å². The lowest BCUT2D eigenvalue weighted by molar-refractivity contribution is 0.146. The number of hydrogen-bond acceptors (Lipinski definition) is 4. The lowest BCUT2D eigenvalue weighted by Crippen LogP contribution is -2.15. The van der Waals surface area contributed by atoms with Crippen molar-refractivity contribution in [3.63, 3.8) is 0 Å². The van der Waals surface area contributed by atoms with Crippen LogP contribution in [0.15, 0.2) is 11.1 Å². The first-order valence-corrected chi connectivity index (χ1v) is 5.36. The average Bonchev–Trinajstić information content (AvgIpc) is 2.06. The van der Waals surface area contributed by atoms with Crippen LogP contribution in [0.25, 0.3) is 0 Å². The Morgan fingerprint density at radius 3 is 2.47 bits per heavy atom. The number of pyridine rings is 1. The van der Waals surface area contributed by atoms with Crippen LogP contribution in [0.3, 0.4) is 0 Å². The van der Waals surface area contributed by atoms with Crippen molar-refractivity contribution in [1.82, 2.24) is 4.98 Å². The number of sulfonamides is 1. The molecule has 3 N–H and O–H groups in total. The minimum Gasteiger partial charge on any atom is -0.504 e. The third-order valence-electron chi connectivity index (χ3n) is 1.46. The van der Waals surface area contributed by atoms with E-state index in [1.54, 1.807) is 0 Å². The van der Waals surface area contributed by atoms with E-state index in [-0.39, 0.29) is 0 Å². The molecule has 5 nitrogen and oxygen atoms in total. The maximum absolute atomic E-state index is 12.3. The smallest absolute Gasteiger partial charge is 0.267 e. The van der Waals surface area contributed by atoms with Crippen LogP contribution >= 0.6 is 11.6 Å². The average molecular weight is 259 g/mol. The molecule has 0 fully saturated rings. The van der Waals surface area contributed by atoms with Gasteiger partial charge in [0.2, 0.25) is 5.03 Å². The highest BCUT2D eigenvalue weighted by Crippen LogP contribution is 2.33. The number of aromatic nitrogens is 1. The van der Waals surface area contributed by atoms with Gasteiger partial charge < -0.3 is 5.11 Å². The Morgan fingerprint density at radius 2 is 2.07 bits per heavy atom. The Balaban J connectivity index is 3.56. The van der Waals surface area contributed by atoms with E-state index in [1.807, 2.05) is 0 Å². The van der Waals surface area contributed by atoms with Gasteiger partial charge in [-0.3, -0.25) is 0 Å². The number of nitrogens with two attached hydrogens (primary N) is 1. The second-order valence-corrected chi connectivity index (χ2v) is 4.40. The standard InChI is InChI=1S/C6H5ClF2N2O3S/c7-3-1-2(5(8)9)4(12)6(11-3)15(10,13)14/h1,5,12H,(H2,10,13,14). The Labute approximate surface area is 88.5 Å². The van der Waals surface area contributed by atoms with Gasteiger partial charge in [0.25, 0.3) is 16.4 Å². The molecule has 1 rings (SSSR count). The lowest BCUT2D eigenvalue weighted by atomic mass is 10.2. The Hall–Kier alpha value is -0.990. The predicted octanol–water partition coefficient (Wildman–Crippen LogP) is 1.03. The minimum absolute atomic E-state index is 0.493. The van der Waals surface area contributed by atoms with E-state index >= 15 is 0 Å². The van der Waals surface area contributed by atoms with Crippen molar-refractivity contribution < 1.29 is 22.3 Å². The van der Waals surface area contributed by atoms with Gasteiger partial charge in [-0.1, -0.05) is 11.6 Å². The van der Waals surface area contributed by atoms with Gasteiger partial charge in [-0.2, -0.15) is 0 Å². The Kier molecular flexibility index (Phi) is 3.12. The van der Waals surface area contributed by atoms with E-state index in [1.165, 1.54) is 0 Å². The molecule has 15 heavy (non-hydrogen) atoms. The Bertz CT molecular complexity index is 491. The van der Waals surface area contributed by atoms with Gasteiger partial charge in [0.05, 0.1) is 5.56 Å². The van der Waals surface area contributed by atoms with E-state index in [2.05, 4.69) is 10.1 Å². The van der Waals surface area contributed by atoms with Crippen LogP contribution in [0.2, 0.25) is 5.15 Å². The first kappa shape index (κ1) is 12.1. The van der Waals surface area contributed by atoms with Crippen molar-refractivity contribution in [3.05, 3.63) is 16.8 Å². The number of alkyl halides is 2. The fourth-order valence-corrected chi connectivity index (χ4v) is 1.73. The molecule has 0 aliphatic rings. The molecule has 9 heteroatoms. The summed E-state index contributed by atoms with van der Waals surface area (Å²) in [5.41, 5.74) is -0.931. The van der Waals surface area contributed by atoms with Gasteiger partial charge in [-0.25, -0.2) is 27.3 Å². The molecule has 0 saturated heterocycles. The second-order valence-electron chi connectivity index (χ2n) is 2.53. The van der Waals surface area contributed by atoms with Gasteiger partial charge in [-0.15, -0.1) is 0 Å². The summed E-state index contributed by atoms with van der Waals surface area (Å²) < 4.78 is 46.3. The summed E-state index contributed by atoms with van der Waals surface area (Å²) in [5, 5.41) is 12.2. The van der Waals surface area contributed by atoms with Crippen molar-refractivity contribution in [2.75, 3.05) is 0 Å². The fraction of sp³-hybridized carbons (Fsp3) is 0.167. The zero-order valence-corrected chi connectivity index (χ0v) is 8.56. The van der Waals surface area contributed by atoms with Crippen LogP contribution in [0, 0.1) is 0 Å². The number of hydrogen-bond donors (Lipinski definition) is 2. The summed E-state index contributed by atoms with van der Waals surface area (Å²) in [6.07, 6.45) is -3.08. The first-order chi connectivity index (χ1) is 6.73. The van der Waals surface area contributed by atoms with E-state index < -0.39 is 37.9 Å². The highest BCUT2D eigenvalue weighted by Gasteiger charge is 2.24. The zero-order valence-electron chi connectivity index (χ0n) is 6.99. The van der Waals surface area contributed by atoms with E-state index in [0.717, 1.165) is 0 Å². The maximum atomic E-state index is 12.3. The molecule has 0 amide bonds. The summed E-state index contributed by atoms with van der Waals surface area (Å²) in [6, 6.07) is 0.663. The minimum atomic E-state index is -4.39. The largest absolute Gasteiger partial charge is 0.504 e. The van der Waals surface area contributed by atoms with Crippen LogP contribution in [-0.4, -0.2) is 18.5 Å². The molecular weight excluding hydrogens is 254 g/mol. The number of nitrogens with zero attached hydrogens (tertiary/aromatic N) is 1. The SMILES string of the molecule is NS(=O)(=O)c1nc(Cl)cc(C(F)F)c1O. The molecule has 0 saturated carbocycles. The molecular formula is C6H5ClF2N2O3S. The molecule has 1 heterocycles. The van der Waals surface area contributed by atoms with Crippen molar-refractivity contribution in [3.8, 4) is 5.75 Å². The molecule has 0 atom stereocenters. The van der Waals surface area contributed by atoms with Crippen molar-refractivity contribution in [2.45, 2.75) is 11.5 Å². The van der Waals surface area contributed by atoms with Crippen LogP contribution in [0.5, 0.6) is 5.75 Å². The van der Waals surface area contributed by atoms with Crippen molar-refractivity contribution >= 4 is 21.6 Å². The van der Waals surface area contributed by atoms with Gasteiger partial charge in [0.15, 0.2) is 5.75 Å². The third-order valence-corrected chi connectivity index (χ3v) is 2.48. The normalized spacial score (nSPS) is 12.1. The summed E-state index contributed by atoms with van der Waals surface area (Å²) in [5.74, 6) is -1.18. The molecule has 0 aliphatic carbocycles. The van der Waals surface area contributed by atoms with Crippen LogP contribution in [0.1, 0.15) is 12.0 Å². The molecule has 1 aromatic heterocycles. The zero-order chi connectivity index (χ0) is 11.8. The summed E-state index contributed by atoms with van der Waals surface area (Å²) >= 11 is 5.30. The monoisotopic (exact) mass is 258 g/mol. The van der Waals surface area contributed by atoms with Crippen LogP contribution in [-0.2, 0) is 10.0 Å². The number of primary sulfonamides is 1. The second kappa shape index (κ2) is 3.87.